The van der Waals surface area contributed by atoms with E-state index in [2.05, 4.69) is 48.3 Å². The molecule has 0 saturated carbocycles. The van der Waals surface area contributed by atoms with Crippen molar-refractivity contribution in [2.75, 3.05) is 20.1 Å². The topological polar surface area (TPSA) is 38.5 Å². The lowest BCUT2D eigenvalue weighted by Crippen LogP contribution is -2.37. The Hall–Kier alpha value is -1.68. The molecule has 1 fully saturated rings. The quantitative estimate of drug-likeness (QED) is 0.920. The first-order valence-electron chi connectivity index (χ1n) is 7.43. The van der Waals surface area contributed by atoms with E-state index < -0.39 is 0 Å². The summed E-state index contributed by atoms with van der Waals surface area (Å²) in [7, 11) is 2.10. The van der Waals surface area contributed by atoms with Crippen molar-refractivity contribution >= 4 is 0 Å². The standard InChI is InChI=1S/C18H22N2O/c1-20-12-16(19)18(15-10-6-3-7-11-15)21-17(13-20)14-8-4-2-5-9-14/h2-11,16-18H,12-13,19H2,1H3. The van der Waals surface area contributed by atoms with Gasteiger partial charge in [-0.15, -0.1) is 0 Å². The van der Waals surface area contributed by atoms with Crippen molar-refractivity contribution in [1.29, 1.82) is 0 Å². The first-order valence-corrected chi connectivity index (χ1v) is 7.43. The Labute approximate surface area is 126 Å². The van der Waals surface area contributed by atoms with Crippen molar-refractivity contribution in [3.05, 3.63) is 71.8 Å². The third kappa shape index (κ3) is 3.32. The number of nitrogens with zero attached hydrogens (tertiary/aromatic N) is 1. The van der Waals surface area contributed by atoms with E-state index in [1.54, 1.807) is 0 Å². The van der Waals surface area contributed by atoms with Crippen LogP contribution >= 0.6 is 0 Å². The Kier molecular flexibility index (Phi) is 4.34. The fraction of sp³-hybridized carbons (Fsp3) is 0.333. The molecule has 3 unspecified atom stereocenters. The molecule has 1 aliphatic heterocycles. The van der Waals surface area contributed by atoms with Crippen LogP contribution in [-0.2, 0) is 4.74 Å². The Morgan fingerprint density at radius 2 is 1.48 bits per heavy atom. The minimum atomic E-state index is -0.0682. The van der Waals surface area contributed by atoms with Crippen LogP contribution in [0.1, 0.15) is 23.3 Å². The Bertz CT molecular complexity index is 558. The highest BCUT2D eigenvalue weighted by molar-refractivity contribution is 5.22. The number of hydrogen-bond acceptors (Lipinski definition) is 3. The average Bonchev–Trinajstić information content (AvgIpc) is 2.67. The van der Waals surface area contributed by atoms with Crippen molar-refractivity contribution in [3.63, 3.8) is 0 Å². The highest BCUT2D eigenvalue weighted by atomic mass is 16.5. The summed E-state index contributed by atoms with van der Waals surface area (Å²) < 4.78 is 6.40. The van der Waals surface area contributed by atoms with E-state index >= 15 is 0 Å². The van der Waals surface area contributed by atoms with E-state index in [1.165, 1.54) is 5.56 Å². The molecule has 0 spiro atoms. The van der Waals surface area contributed by atoms with Crippen molar-refractivity contribution in [2.24, 2.45) is 5.73 Å². The van der Waals surface area contributed by atoms with Gasteiger partial charge in [0.2, 0.25) is 0 Å². The summed E-state index contributed by atoms with van der Waals surface area (Å²) in [4.78, 5) is 2.26. The lowest BCUT2D eigenvalue weighted by Gasteiger charge is -2.25. The molecule has 1 heterocycles. The SMILES string of the molecule is CN1CC(c2ccccc2)OC(c2ccccc2)C(N)C1. The molecule has 1 aliphatic rings. The van der Waals surface area contributed by atoms with Crippen molar-refractivity contribution in [1.82, 2.24) is 4.90 Å². The lowest BCUT2D eigenvalue weighted by molar-refractivity contribution is -0.0152. The summed E-state index contributed by atoms with van der Waals surface area (Å²) in [5.74, 6) is 0. The van der Waals surface area contributed by atoms with Crippen LogP contribution in [-0.4, -0.2) is 31.1 Å². The summed E-state index contributed by atoms with van der Waals surface area (Å²) in [5.41, 5.74) is 8.74. The third-order valence-electron chi connectivity index (χ3n) is 4.00. The van der Waals surface area contributed by atoms with Gasteiger partial charge in [0.1, 0.15) is 0 Å². The minimum Gasteiger partial charge on any atom is -0.363 e. The second-order valence-electron chi connectivity index (χ2n) is 5.75. The van der Waals surface area contributed by atoms with Gasteiger partial charge in [-0.25, -0.2) is 0 Å². The molecule has 2 N–H and O–H groups in total. The first-order chi connectivity index (χ1) is 10.2. The smallest absolute Gasteiger partial charge is 0.0997 e. The van der Waals surface area contributed by atoms with Crippen LogP contribution in [0.25, 0.3) is 0 Å². The van der Waals surface area contributed by atoms with Crippen LogP contribution in [0, 0.1) is 0 Å². The predicted molar refractivity (Wildman–Crippen MR) is 84.9 cm³/mol. The van der Waals surface area contributed by atoms with Gasteiger partial charge >= 0.3 is 0 Å². The molecule has 1 saturated heterocycles. The predicted octanol–water partition coefficient (Wildman–Crippen LogP) is 2.76. The van der Waals surface area contributed by atoms with Crippen molar-refractivity contribution in [3.8, 4) is 0 Å². The van der Waals surface area contributed by atoms with Crippen LogP contribution in [0.15, 0.2) is 60.7 Å². The molecule has 0 bridgehead atoms. The molecule has 0 radical (unpaired) electrons. The third-order valence-corrected chi connectivity index (χ3v) is 4.00. The molecule has 3 heteroatoms. The number of ether oxygens (including phenoxy) is 1. The highest BCUT2D eigenvalue weighted by Crippen LogP contribution is 2.32. The summed E-state index contributed by atoms with van der Waals surface area (Å²) in [6.45, 7) is 1.70. The van der Waals surface area contributed by atoms with Gasteiger partial charge < -0.3 is 15.4 Å². The first kappa shape index (κ1) is 14.3. The van der Waals surface area contributed by atoms with Gasteiger partial charge in [-0.3, -0.25) is 0 Å². The maximum absolute atomic E-state index is 6.40. The Morgan fingerprint density at radius 1 is 0.905 bits per heavy atom. The van der Waals surface area contributed by atoms with Crippen LogP contribution in [0.4, 0.5) is 0 Å². The minimum absolute atomic E-state index is 0.0221. The lowest BCUT2D eigenvalue weighted by atomic mass is 10.0. The molecule has 0 aliphatic carbocycles. The van der Waals surface area contributed by atoms with Crippen LogP contribution in [0.3, 0.4) is 0 Å². The van der Waals surface area contributed by atoms with E-state index in [1.807, 2.05) is 24.3 Å². The molecule has 2 aromatic rings. The zero-order chi connectivity index (χ0) is 14.7. The number of rotatable bonds is 2. The van der Waals surface area contributed by atoms with Gasteiger partial charge in [-0.2, -0.15) is 0 Å². The second kappa shape index (κ2) is 6.39. The fourth-order valence-electron chi connectivity index (χ4n) is 2.95. The monoisotopic (exact) mass is 282 g/mol. The van der Waals surface area contributed by atoms with Crippen molar-refractivity contribution < 1.29 is 4.74 Å². The fourth-order valence-corrected chi connectivity index (χ4v) is 2.95. The highest BCUT2D eigenvalue weighted by Gasteiger charge is 2.30. The molecule has 0 amide bonds. The number of benzene rings is 2. The largest absolute Gasteiger partial charge is 0.363 e. The van der Waals surface area contributed by atoms with Gasteiger partial charge in [0.15, 0.2) is 0 Å². The van der Waals surface area contributed by atoms with Gasteiger partial charge in [0.25, 0.3) is 0 Å². The maximum atomic E-state index is 6.40. The normalized spacial score (nSPS) is 27.2. The maximum Gasteiger partial charge on any atom is 0.0997 e. The zero-order valence-corrected chi connectivity index (χ0v) is 12.4. The van der Waals surface area contributed by atoms with E-state index in [9.17, 15) is 0 Å². The summed E-state index contributed by atoms with van der Waals surface area (Å²) >= 11 is 0. The van der Waals surface area contributed by atoms with E-state index in [0.717, 1.165) is 18.7 Å². The average molecular weight is 282 g/mol. The van der Waals surface area contributed by atoms with Gasteiger partial charge in [0, 0.05) is 19.1 Å². The number of likely N-dealkylation sites (N-methyl/N-ethyl adjacent to an activating group) is 1. The van der Waals surface area contributed by atoms with Crippen molar-refractivity contribution in [2.45, 2.75) is 18.2 Å². The Morgan fingerprint density at radius 3 is 2.10 bits per heavy atom. The molecule has 3 nitrogen and oxygen atoms in total. The summed E-state index contributed by atoms with van der Waals surface area (Å²) in [5, 5.41) is 0. The van der Waals surface area contributed by atoms with Crippen LogP contribution < -0.4 is 5.73 Å². The van der Waals surface area contributed by atoms with Gasteiger partial charge in [-0.05, 0) is 18.2 Å². The number of nitrogens with two attached hydrogens (primary N) is 1. The van der Waals surface area contributed by atoms with Crippen LogP contribution in [0.5, 0.6) is 0 Å². The zero-order valence-electron chi connectivity index (χ0n) is 12.4. The van der Waals surface area contributed by atoms with Gasteiger partial charge in [0.05, 0.1) is 12.2 Å². The molecular weight excluding hydrogens is 260 g/mol. The molecule has 3 atom stereocenters. The molecule has 3 rings (SSSR count). The molecule has 110 valence electrons. The van der Waals surface area contributed by atoms with E-state index in [4.69, 9.17) is 10.5 Å². The molecule has 21 heavy (non-hydrogen) atoms. The van der Waals surface area contributed by atoms with Gasteiger partial charge in [-0.1, -0.05) is 60.7 Å². The molecule has 2 aromatic carbocycles. The molecule has 0 aromatic heterocycles. The van der Waals surface area contributed by atoms with E-state index in [0.29, 0.717) is 0 Å². The number of hydrogen-bond donors (Lipinski definition) is 1. The second-order valence-corrected chi connectivity index (χ2v) is 5.75. The summed E-state index contributed by atoms with van der Waals surface area (Å²) in [6, 6.07) is 20.7. The molecular formula is C18H22N2O. The van der Waals surface area contributed by atoms with E-state index in [-0.39, 0.29) is 18.2 Å². The van der Waals surface area contributed by atoms with Crippen LogP contribution in [0.2, 0.25) is 0 Å². The summed E-state index contributed by atoms with van der Waals surface area (Å²) in [6.07, 6.45) is -0.0173. The Balaban J connectivity index is 1.89.